The first-order valence-corrected chi connectivity index (χ1v) is 7.88. The molecule has 0 radical (unpaired) electrons. The molecule has 5 nitrogen and oxygen atoms in total. The molecule has 5 heteroatoms. The van der Waals surface area contributed by atoms with E-state index >= 15 is 0 Å². The maximum Gasteiger partial charge on any atom is 0.312 e. The molecular formula is C16H25NO4. The van der Waals surface area contributed by atoms with Gasteiger partial charge in [0.1, 0.15) is 0 Å². The SMILES string of the molecule is C[C@@H](OC(=O)C12C[C@H]3C[C@@H](CC(O)(C3)C1)C2)C(=O)N(C)C. The quantitative estimate of drug-likeness (QED) is 0.798. The minimum atomic E-state index is -0.754. The van der Waals surface area contributed by atoms with Crippen LogP contribution >= 0.6 is 0 Å². The van der Waals surface area contributed by atoms with Crippen molar-refractivity contribution in [3.05, 3.63) is 0 Å². The molecule has 4 aliphatic rings. The van der Waals surface area contributed by atoms with Crippen molar-refractivity contribution in [1.82, 2.24) is 4.90 Å². The van der Waals surface area contributed by atoms with Crippen molar-refractivity contribution in [2.75, 3.05) is 14.1 Å². The van der Waals surface area contributed by atoms with E-state index in [9.17, 15) is 14.7 Å². The molecule has 0 aromatic carbocycles. The summed E-state index contributed by atoms with van der Waals surface area (Å²) < 4.78 is 5.46. The summed E-state index contributed by atoms with van der Waals surface area (Å²) in [4.78, 5) is 26.0. The average molecular weight is 295 g/mol. The Morgan fingerprint density at radius 3 is 2.24 bits per heavy atom. The first-order valence-electron chi connectivity index (χ1n) is 7.88. The van der Waals surface area contributed by atoms with Crippen LogP contribution in [0.15, 0.2) is 0 Å². The van der Waals surface area contributed by atoms with E-state index in [-0.39, 0.29) is 11.9 Å². The molecule has 0 unspecified atom stereocenters. The Hall–Kier alpha value is -1.10. The molecular weight excluding hydrogens is 270 g/mol. The van der Waals surface area contributed by atoms with Crippen LogP contribution in [-0.4, -0.2) is 47.7 Å². The van der Waals surface area contributed by atoms with E-state index in [2.05, 4.69) is 0 Å². The van der Waals surface area contributed by atoms with Gasteiger partial charge in [0.2, 0.25) is 0 Å². The maximum atomic E-state index is 12.7. The van der Waals surface area contributed by atoms with E-state index in [1.165, 1.54) is 4.90 Å². The predicted octanol–water partition coefficient (Wildman–Crippen LogP) is 1.34. The lowest BCUT2D eigenvalue weighted by molar-refractivity contribution is -0.200. The Morgan fingerprint density at radius 1 is 1.19 bits per heavy atom. The zero-order valence-corrected chi connectivity index (χ0v) is 13.1. The highest BCUT2D eigenvalue weighted by Crippen LogP contribution is 2.62. The van der Waals surface area contributed by atoms with Crippen LogP contribution in [0, 0.1) is 17.3 Å². The largest absolute Gasteiger partial charge is 0.452 e. The number of rotatable bonds is 3. The number of ether oxygens (including phenoxy) is 1. The second-order valence-corrected chi connectivity index (χ2v) is 7.75. The standard InChI is InChI=1S/C16H25NO4/c1-10(13(18)17(2)3)21-14(19)15-5-11-4-12(6-15)8-16(20,7-11)9-15/h10-12,20H,4-9H2,1-3H3/t10-,11-,12-,15?,16?/m1/s1. The van der Waals surface area contributed by atoms with E-state index in [4.69, 9.17) is 4.74 Å². The van der Waals surface area contributed by atoms with Crippen LogP contribution in [0.1, 0.15) is 45.4 Å². The van der Waals surface area contributed by atoms with E-state index in [0.29, 0.717) is 18.3 Å². The van der Waals surface area contributed by atoms with Crippen LogP contribution in [0.2, 0.25) is 0 Å². The molecule has 0 saturated heterocycles. The van der Waals surface area contributed by atoms with Crippen LogP contribution in [0.3, 0.4) is 0 Å². The zero-order valence-electron chi connectivity index (χ0n) is 13.1. The fourth-order valence-electron chi connectivity index (χ4n) is 5.15. The Kier molecular flexibility index (Phi) is 3.32. The van der Waals surface area contributed by atoms with Crippen molar-refractivity contribution in [3.8, 4) is 0 Å². The number of nitrogens with zero attached hydrogens (tertiary/aromatic N) is 1. The number of hydrogen-bond donors (Lipinski definition) is 1. The molecule has 4 saturated carbocycles. The Balaban J connectivity index is 1.74. The normalized spacial score (nSPS) is 41.7. The fraction of sp³-hybridized carbons (Fsp3) is 0.875. The monoisotopic (exact) mass is 295 g/mol. The number of amides is 1. The number of hydrogen-bond acceptors (Lipinski definition) is 4. The van der Waals surface area contributed by atoms with Gasteiger partial charge in [0.05, 0.1) is 11.0 Å². The van der Waals surface area contributed by atoms with E-state index < -0.39 is 17.1 Å². The number of likely N-dealkylation sites (N-methyl/N-ethyl adjacent to an activating group) is 1. The van der Waals surface area contributed by atoms with Gasteiger partial charge < -0.3 is 14.7 Å². The smallest absolute Gasteiger partial charge is 0.312 e. The van der Waals surface area contributed by atoms with Crippen molar-refractivity contribution in [1.29, 1.82) is 0 Å². The van der Waals surface area contributed by atoms with Gasteiger partial charge in [-0.15, -0.1) is 0 Å². The zero-order chi connectivity index (χ0) is 15.4. The average Bonchev–Trinajstić information content (AvgIpc) is 2.34. The summed E-state index contributed by atoms with van der Waals surface area (Å²) >= 11 is 0. The van der Waals surface area contributed by atoms with E-state index in [1.54, 1.807) is 21.0 Å². The molecule has 3 atom stereocenters. The lowest BCUT2D eigenvalue weighted by Crippen LogP contribution is -2.59. The van der Waals surface area contributed by atoms with Gasteiger partial charge in [-0.2, -0.15) is 0 Å². The number of carbonyl (C=O) groups is 2. The molecule has 1 amide bonds. The third-order valence-electron chi connectivity index (χ3n) is 5.54. The van der Waals surface area contributed by atoms with Gasteiger partial charge in [-0.1, -0.05) is 0 Å². The van der Waals surface area contributed by atoms with Crippen molar-refractivity contribution in [3.63, 3.8) is 0 Å². The molecule has 4 bridgehead atoms. The first-order chi connectivity index (χ1) is 9.73. The third-order valence-corrected chi connectivity index (χ3v) is 5.54. The summed E-state index contributed by atoms with van der Waals surface area (Å²) in [5.41, 5.74) is -1.24. The molecule has 0 aromatic heterocycles. The summed E-state index contributed by atoms with van der Waals surface area (Å²) in [6.45, 7) is 1.62. The molecule has 0 aliphatic heterocycles. The number of esters is 1. The highest BCUT2D eigenvalue weighted by Gasteiger charge is 2.61. The van der Waals surface area contributed by atoms with Gasteiger partial charge in [0.15, 0.2) is 6.10 Å². The molecule has 4 aliphatic carbocycles. The first kappa shape index (κ1) is 14.8. The third kappa shape index (κ3) is 2.45. The van der Waals surface area contributed by atoms with Gasteiger partial charge in [-0.25, -0.2) is 0 Å². The molecule has 0 spiro atoms. The lowest BCUT2D eigenvalue weighted by Gasteiger charge is -2.58. The van der Waals surface area contributed by atoms with Crippen molar-refractivity contribution in [2.45, 2.75) is 57.2 Å². The van der Waals surface area contributed by atoms with E-state index in [1.807, 2.05) is 0 Å². The number of carbonyl (C=O) groups excluding carboxylic acids is 2. The Bertz CT molecular complexity index is 459. The van der Waals surface area contributed by atoms with Gasteiger partial charge in [0, 0.05) is 14.1 Å². The molecule has 21 heavy (non-hydrogen) atoms. The summed E-state index contributed by atoms with van der Waals surface area (Å²) in [5.74, 6) is 0.386. The summed E-state index contributed by atoms with van der Waals surface area (Å²) in [5, 5.41) is 10.7. The maximum absolute atomic E-state index is 12.7. The van der Waals surface area contributed by atoms with Crippen LogP contribution in [0.4, 0.5) is 0 Å². The second kappa shape index (κ2) is 4.70. The van der Waals surface area contributed by atoms with Crippen molar-refractivity contribution in [2.24, 2.45) is 17.3 Å². The molecule has 0 heterocycles. The summed E-state index contributed by atoms with van der Waals surface area (Å²) in [6, 6.07) is 0. The molecule has 4 rings (SSSR count). The number of aliphatic hydroxyl groups is 1. The van der Waals surface area contributed by atoms with Gasteiger partial charge >= 0.3 is 5.97 Å². The van der Waals surface area contributed by atoms with Crippen LogP contribution in [0.25, 0.3) is 0 Å². The minimum Gasteiger partial charge on any atom is -0.452 e. The Morgan fingerprint density at radius 2 is 1.76 bits per heavy atom. The molecule has 4 fully saturated rings. The summed E-state index contributed by atoms with van der Waals surface area (Å²) in [7, 11) is 3.31. The van der Waals surface area contributed by atoms with Crippen LogP contribution in [0.5, 0.6) is 0 Å². The van der Waals surface area contributed by atoms with Crippen LogP contribution < -0.4 is 0 Å². The van der Waals surface area contributed by atoms with Crippen molar-refractivity contribution < 1.29 is 19.4 Å². The molecule has 118 valence electrons. The van der Waals surface area contributed by atoms with Gasteiger partial charge in [-0.3, -0.25) is 9.59 Å². The lowest BCUT2D eigenvalue weighted by atomic mass is 9.48. The van der Waals surface area contributed by atoms with Gasteiger partial charge in [0.25, 0.3) is 5.91 Å². The Labute approximate surface area is 125 Å². The second-order valence-electron chi connectivity index (χ2n) is 7.75. The molecule has 1 N–H and O–H groups in total. The van der Waals surface area contributed by atoms with Crippen molar-refractivity contribution >= 4 is 11.9 Å². The summed E-state index contributed by atoms with van der Waals surface area (Å²) in [6.07, 6.45) is 4.16. The van der Waals surface area contributed by atoms with Crippen LogP contribution in [-0.2, 0) is 14.3 Å². The highest BCUT2D eigenvalue weighted by atomic mass is 16.5. The highest BCUT2D eigenvalue weighted by molar-refractivity contribution is 5.85. The fourth-order valence-corrected chi connectivity index (χ4v) is 5.15. The predicted molar refractivity (Wildman–Crippen MR) is 76.3 cm³/mol. The topological polar surface area (TPSA) is 66.8 Å². The molecule has 0 aromatic rings. The van der Waals surface area contributed by atoms with E-state index in [0.717, 1.165) is 32.1 Å². The van der Waals surface area contributed by atoms with Gasteiger partial charge in [-0.05, 0) is 57.3 Å². The minimum absolute atomic E-state index is 0.202.